The minimum Gasteiger partial charge on any atom is -0.462 e. The number of aryl methyl sites for hydroxylation is 1. The molecule has 0 unspecified atom stereocenters. The maximum absolute atomic E-state index is 11.7. The van der Waals surface area contributed by atoms with Gasteiger partial charge in [-0.2, -0.15) is 0 Å². The van der Waals surface area contributed by atoms with E-state index in [1.165, 1.54) is 11.1 Å². The van der Waals surface area contributed by atoms with Crippen LogP contribution in [0.2, 0.25) is 0 Å². The Labute approximate surface area is 126 Å². The van der Waals surface area contributed by atoms with Crippen molar-refractivity contribution in [2.24, 2.45) is 0 Å². The predicted octanol–water partition coefficient (Wildman–Crippen LogP) is 4.87. The first-order valence-electron chi connectivity index (χ1n) is 7.61. The molecule has 0 N–H and O–H groups in total. The van der Waals surface area contributed by atoms with Gasteiger partial charge < -0.3 is 4.74 Å². The summed E-state index contributed by atoms with van der Waals surface area (Å²) in [7, 11) is 0. The van der Waals surface area contributed by atoms with Gasteiger partial charge in [0.25, 0.3) is 0 Å². The van der Waals surface area contributed by atoms with Crippen molar-refractivity contribution in [3.05, 3.63) is 59.7 Å². The average molecular weight is 282 g/mol. The standard InChI is InChI=1S/C19H22O2/c1-3-5-15-6-8-16(9-7-15)17-10-12-18(13-11-17)19(20)21-14-4-2/h6-13H,3-5,14H2,1-2H3. The van der Waals surface area contributed by atoms with Gasteiger partial charge in [0.15, 0.2) is 0 Å². The molecule has 0 aromatic heterocycles. The topological polar surface area (TPSA) is 26.3 Å². The minimum absolute atomic E-state index is 0.248. The minimum atomic E-state index is -0.248. The number of hydrogen-bond acceptors (Lipinski definition) is 2. The fourth-order valence-electron chi connectivity index (χ4n) is 2.23. The summed E-state index contributed by atoms with van der Waals surface area (Å²) in [5.74, 6) is -0.248. The number of carbonyl (C=O) groups excluding carboxylic acids is 1. The Kier molecular flexibility index (Phi) is 5.56. The van der Waals surface area contributed by atoms with Crippen molar-refractivity contribution >= 4 is 5.97 Å². The highest BCUT2D eigenvalue weighted by Gasteiger charge is 2.06. The van der Waals surface area contributed by atoms with Gasteiger partial charge in [0.2, 0.25) is 0 Å². The molecule has 0 amide bonds. The molecule has 0 radical (unpaired) electrons. The first-order chi connectivity index (χ1) is 10.2. The highest BCUT2D eigenvalue weighted by Crippen LogP contribution is 2.21. The number of hydrogen-bond donors (Lipinski definition) is 0. The molecular formula is C19H22O2. The molecule has 0 fully saturated rings. The highest BCUT2D eigenvalue weighted by molar-refractivity contribution is 5.90. The van der Waals surface area contributed by atoms with Crippen LogP contribution in [-0.2, 0) is 11.2 Å². The van der Waals surface area contributed by atoms with E-state index in [0.29, 0.717) is 12.2 Å². The Morgan fingerprint density at radius 2 is 1.43 bits per heavy atom. The maximum Gasteiger partial charge on any atom is 0.338 e. The van der Waals surface area contributed by atoms with E-state index in [1.54, 1.807) is 0 Å². The van der Waals surface area contributed by atoms with Crippen LogP contribution in [0.5, 0.6) is 0 Å². The van der Waals surface area contributed by atoms with E-state index in [0.717, 1.165) is 24.8 Å². The summed E-state index contributed by atoms with van der Waals surface area (Å²) in [5.41, 5.74) is 4.25. The van der Waals surface area contributed by atoms with Crippen LogP contribution in [-0.4, -0.2) is 12.6 Å². The first kappa shape index (κ1) is 15.3. The van der Waals surface area contributed by atoms with Crippen LogP contribution in [0.3, 0.4) is 0 Å². The Balaban J connectivity index is 2.09. The third-order valence-corrected chi connectivity index (χ3v) is 3.38. The van der Waals surface area contributed by atoms with Crippen LogP contribution in [0, 0.1) is 0 Å². The molecule has 2 heteroatoms. The van der Waals surface area contributed by atoms with Crippen LogP contribution in [0.25, 0.3) is 11.1 Å². The van der Waals surface area contributed by atoms with E-state index < -0.39 is 0 Å². The van der Waals surface area contributed by atoms with Gasteiger partial charge >= 0.3 is 5.97 Å². The van der Waals surface area contributed by atoms with Crippen molar-refractivity contribution in [1.82, 2.24) is 0 Å². The molecule has 2 rings (SSSR count). The molecule has 2 nitrogen and oxygen atoms in total. The molecule has 0 aliphatic heterocycles. The van der Waals surface area contributed by atoms with Gasteiger partial charge in [-0.1, -0.05) is 56.7 Å². The van der Waals surface area contributed by atoms with E-state index in [2.05, 4.69) is 31.2 Å². The molecular weight excluding hydrogens is 260 g/mol. The normalized spacial score (nSPS) is 10.4. The molecule has 0 saturated carbocycles. The Hall–Kier alpha value is -2.09. The van der Waals surface area contributed by atoms with Crippen LogP contribution >= 0.6 is 0 Å². The molecule has 0 spiro atoms. The average Bonchev–Trinajstić information content (AvgIpc) is 2.54. The molecule has 0 atom stereocenters. The summed E-state index contributed by atoms with van der Waals surface area (Å²) in [6, 6.07) is 16.2. The van der Waals surface area contributed by atoms with Gasteiger partial charge in [0.05, 0.1) is 12.2 Å². The summed E-state index contributed by atoms with van der Waals surface area (Å²) >= 11 is 0. The zero-order valence-corrected chi connectivity index (χ0v) is 12.8. The van der Waals surface area contributed by atoms with Crippen molar-refractivity contribution in [2.75, 3.05) is 6.61 Å². The van der Waals surface area contributed by atoms with E-state index >= 15 is 0 Å². The van der Waals surface area contributed by atoms with E-state index in [1.807, 2.05) is 31.2 Å². The van der Waals surface area contributed by atoms with Crippen LogP contribution in [0.15, 0.2) is 48.5 Å². The van der Waals surface area contributed by atoms with E-state index in [-0.39, 0.29) is 5.97 Å². The molecule has 0 aliphatic carbocycles. The zero-order chi connectivity index (χ0) is 15.1. The number of carbonyl (C=O) groups is 1. The summed E-state index contributed by atoms with van der Waals surface area (Å²) in [6.07, 6.45) is 3.12. The third kappa shape index (κ3) is 4.19. The van der Waals surface area contributed by atoms with Crippen molar-refractivity contribution in [1.29, 1.82) is 0 Å². The molecule has 2 aromatic carbocycles. The second-order valence-corrected chi connectivity index (χ2v) is 5.16. The van der Waals surface area contributed by atoms with E-state index in [4.69, 9.17) is 4.74 Å². The SMILES string of the molecule is CCCOC(=O)c1ccc(-c2ccc(CCC)cc2)cc1. The summed E-state index contributed by atoms with van der Waals surface area (Å²) in [6.45, 7) is 4.64. The van der Waals surface area contributed by atoms with Gasteiger partial charge in [-0.05, 0) is 41.7 Å². The summed E-state index contributed by atoms with van der Waals surface area (Å²) in [4.78, 5) is 11.7. The lowest BCUT2D eigenvalue weighted by Crippen LogP contribution is -2.05. The van der Waals surface area contributed by atoms with E-state index in [9.17, 15) is 4.79 Å². The van der Waals surface area contributed by atoms with Crippen LogP contribution < -0.4 is 0 Å². The lowest BCUT2D eigenvalue weighted by molar-refractivity contribution is 0.0505. The van der Waals surface area contributed by atoms with Crippen LogP contribution in [0.4, 0.5) is 0 Å². The molecule has 2 aromatic rings. The van der Waals surface area contributed by atoms with Crippen LogP contribution in [0.1, 0.15) is 42.6 Å². The highest BCUT2D eigenvalue weighted by atomic mass is 16.5. The fraction of sp³-hybridized carbons (Fsp3) is 0.316. The van der Waals surface area contributed by atoms with Gasteiger partial charge in [0.1, 0.15) is 0 Å². The number of esters is 1. The first-order valence-corrected chi connectivity index (χ1v) is 7.61. The lowest BCUT2D eigenvalue weighted by Gasteiger charge is -2.06. The quantitative estimate of drug-likeness (QED) is 0.706. The molecule has 21 heavy (non-hydrogen) atoms. The number of benzene rings is 2. The third-order valence-electron chi connectivity index (χ3n) is 3.38. The second kappa shape index (κ2) is 7.63. The fourth-order valence-corrected chi connectivity index (χ4v) is 2.23. The largest absolute Gasteiger partial charge is 0.462 e. The molecule has 110 valence electrons. The molecule has 0 bridgehead atoms. The monoisotopic (exact) mass is 282 g/mol. The maximum atomic E-state index is 11.7. The smallest absolute Gasteiger partial charge is 0.338 e. The zero-order valence-electron chi connectivity index (χ0n) is 12.8. The summed E-state index contributed by atoms with van der Waals surface area (Å²) < 4.78 is 5.13. The Morgan fingerprint density at radius 3 is 1.95 bits per heavy atom. The van der Waals surface area contributed by atoms with Crippen molar-refractivity contribution in [3.8, 4) is 11.1 Å². The number of rotatable bonds is 6. The second-order valence-electron chi connectivity index (χ2n) is 5.16. The molecule has 0 heterocycles. The summed E-state index contributed by atoms with van der Waals surface area (Å²) in [5, 5.41) is 0. The van der Waals surface area contributed by atoms with Crippen molar-refractivity contribution in [2.45, 2.75) is 33.1 Å². The van der Waals surface area contributed by atoms with Gasteiger partial charge in [0, 0.05) is 0 Å². The van der Waals surface area contributed by atoms with Crippen molar-refractivity contribution < 1.29 is 9.53 Å². The molecule has 0 saturated heterocycles. The molecule has 0 aliphatic rings. The lowest BCUT2D eigenvalue weighted by atomic mass is 10.0. The number of ether oxygens (including phenoxy) is 1. The Bertz CT molecular complexity index is 568. The van der Waals surface area contributed by atoms with Gasteiger partial charge in [-0.25, -0.2) is 4.79 Å². The van der Waals surface area contributed by atoms with Gasteiger partial charge in [-0.3, -0.25) is 0 Å². The predicted molar refractivity (Wildman–Crippen MR) is 86.4 cm³/mol. The Morgan fingerprint density at radius 1 is 0.857 bits per heavy atom. The van der Waals surface area contributed by atoms with Crippen molar-refractivity contribution in [3.63, 3.8) is 0 Å². The van der Waals surface area contributed by atoms with Gasteiger partial charge in [-0.15, -0.1) is 0 Å².